The van der Waals surface area contributed by atoms with Crippen molar-refractivity contribution in [3.05, 3.63) is 81.7 Å². The highest BCUT2D eigenvalue weighted by Gasteiger charge is 2.19. The highest BCUT2D eigenvalue weighted by Crippen LogP contribution is 2.34. The summed E-state index contributed by atoms with van der Waals surface area (Å²) in [7, 11) is 0. The topological polar surface area (TPSA) is 74.3 Å². The maximum Gasteiger partial charge on any atom is 0.305 e. The molecule has 0 bridgehead atoms. The van der Waals surface area contributed by atoms with E-state index in [1.807, 2.05) is 18.2 Å². The Balaban J connectivity index is 1.60. The van der Waals surface area contributed by atoms with Crippen molar-refractivity contribution in [2.75, 3.05) is 5.32 Å². The molecule has 1 aliphatic heterocycles. The fourth-order valence-corrected chi connectivity index (χ4v) is 4.20. The average Bonchev–Trinajstić information content (AvgIpc) is 2.99. The van der Waals surface area contributed by atoms with Crippen LogP contribution in [0.25, 0.3) is 21.3 Å². The Morgan fingerprint density at radius 3 is 2.66 bits per heavy atom. The van der Waals surface area contributed by atoms with Gasteiger partial charge in [0.1, 0.15) is 5.82 Å². The summed E-state index contributed by atoms with van der Waals surface area (Å²) < 4.78 is 15.0. The van der Waals surface area contributed by atoms with Crippen LogP contribution in [0.5, 0.6) is 0 Å². The molecule has 0 saturated heterocycles. The van der Waals surface area contributed by atoms with Crippen molar-refractivity contribution in [3.63, 3.8) is 0 Å². The number of benzene rings is 3. The van der Waals surface area contributed by atoms with Gasteiger partial charge >= 0.3 is 4.87 Å². The summed E-state index contributed by atoms with van der Waals surface area (Å²) in [6, 6.07) is 17.3. The van der Waals surface area contributed by atoms with E-state index in [1.54, 1.807) is 36.4 Å². The second-order valence-electron chi connectivity index (χ2n) is 6.72. The van der Waals surface area contributed by atoms with Crippen LogP contribution in [0, 0.1) is 5.82 Å². The average molecular weight is 403 g/mol. The van der Waals surface area contributed by atoms with Gasteiger partial charge in [-0.25, -0.2) is 4.39 Å². The molecule has 4 aromatic rings. The van der Waals surface area contributed by atoms with Crippen molar-refractivity contribution in [1.82, 2.24) is 4.98 Å². The van der Waals surface area contributed by atoms with Crippen molar-refractivity contribution in [2.24, 2.45) is 4.99 Å². The molecule has 7 heteroatoms. The molecule has 2 heterocycles. The van der Waals surface area contributed by atoms with Crippen molar-refractivity contribution in [1.29, 1.82) is 0 Å². The van der Waals surface area contributed by atoms with Crippen LogP contribution in [0.15, 0.2) is 70.5 Å². The summed E-state index contributed by atoms with van der Waals surface area (Å²) >= 11 is 1.12. The molecule has 2 N–H and O–H groups in total. The summed E-state index contributed by atoms with van der Waals surface area (Å²) in [5.74, 6) is -0.522. The highest BCUT2D eigenvalue weighted by molar-refractivity contribution is 7.16. The molecule has 5 rings (SSSR count). The van der Waals surface area contributed by atoms with Gasteiger partial charge in [0, 0.05) is 5.56 Å². The number of thiazole rings is 1. The molecule has 0 saturated carbocycles. The van der Waals surface area contributed by atoms with Gasteiger partial charge in [-0.15, -0.1) is 0 Å². The number of nitrogens with one attached hydrogen (secondary N) is 2. The lowest BCUT2D eigenvalue weighted by Gasteiger charge is -2.09. The van der Waals surface area contributed by atoms with Gasteiger partial charge in [-0.3, -0.25) is 14.6 Å². The van der Waals surface area contributed by atoms with Crippen LogP contribution in [-0.2, 0) is 4.79 Å². The third kappa shape index (κ3) is 3.25. The summed E-state index contributed by atoms with van der Waals surface area (Å²) in [5.41, 5.74) is 4.44. The summed E-state index contributed by atoms with van der Waals surface area (Å²) in [6.45, 7) is 0. The second-order valence-corrected chi connectivity index (χ2v) is 7.74. The largest absolute Gasteiger partial charge is 0.324 e. The van der Waals surface area contributed by atoms with Crippen LogP contribution in [0.4, 0.5) is 15.8 Å². The normalized spacial score (nSPS) is 13.6. The Bertz CT molecular complexity index is 1370. The number of amides is 1. The lowest BCUT2D eigenvalue weighted by molar-refractivity contribution is -0.115. The molecular weight excluding hydrogens is 389 g/mol. The summed E-state index contributed by atoms with van der Waals surface area (Å²) in [4.78, 5) is 31.4. The number of H-pyrrole nitrogens is 1. The number of aliphatic imine (C=N–C) groups is 1. The van der Waals surface area contributed by atoms with E-state index >= 15 is 0 Å². The van der Waals surface area contributed by atoms with Gasteiger partial charge in [0.15, 0.2) is 0 Å². The zero-order chi connectivity index (χ0) is 20.0. The standard InChI is InChI=1S/C22H14FN3O2S/c23-15-4-2-1-3-14(15)12-5-7-16-19(9-12)25-21(27)11-18(24-16)13-6-8-17-20(10-13)29-22(28)26-17/h1-10H,11H2,(H,25,27)(H,26,28). The minimum atomic E-state index is -0.324. The Morgan fingerprint density at radius 2 is 1.79 bits per heavy atom. The Hall–Kier alpha value is -3.58. The van der Waals surface area contributed by atoms with Gasteiger partial charge in [0.05, 0.1) is 33.7 Å². The smallest absolute Gasteiger partial charge is 0.305 e. The zero-order valence-electron chi connectivity index (χ0n) is 15.0. The third-order valence-corrected chi connectivity index (χ3v) is 5.64. The maximum atomic E-state index is 14.1. The number of rotatable bonds is 2. The quantitative estimate of drug-likeness (QED) is 0.502. The van der Waals surface area contributed by atoms with Crippen LogP contribution < -0.4 is 10.2 Å². The van der Waals surface area contributed by atoms with Gasteiger partial charge in [-0.05, 0) is 41.5 Å². The first-order valence-electron chi connectivity index (χ1n) is 8.96. The molecule has 142 valence electrons. The van der Waals surface area contributed by atoms with E-state index in [0.29, 0.717) is 28.2 Å². The molecule has 0 spiro atoms. The van der Waals surface area contributed by atoms with Crippen LogP contribution in [0.1, 0.15) is 12.0 Å². The van der Waals surface area contributed by atoms with Gasteiger partial charge in [0.2, 0.25) is 5.91 Å². The number of fused-ring (bicyclic) bond motifs is 2. The molecule has 5 nitrogen and oxygen atoms in total. The number of carbonyl (C=O) groups is 1. The van der Waals surface area contributed by atoms with E-state index in [0.717, 1.165) is 27.1 Å². The van der Waals surface area contributed by atoms with Crippen molar-refractivity contribution < 1.29 is 9.18 Å². The monoisotopic (exact) mass is 403 g/mol. The summed E-state index contributed by atoms with van der Waals surface area (Å²) in [5, 5.41) is 2.86. The van der Waals surface area contributed by atoms with E-state index in [9.17, 15) is 14.0 Å². The van der Waals surface area contributed by atoms with Gasteiger partial charge in [-0.2, -0.15) is 0 Å². The molecule has 29 heavy (non-hydrogen) atoms. The number of hydrogen-bond donors (Lipinski definition) is 2. The molecule has 3 aromatic carbocycles. The highest BCUT2D eigenvalue weighted by atomic mass is 32.1. The molecule has 0 radical (unpaired) electrons. The van der Waals surface area contributed by atoms with Gasteiger partial charge in [-0.1, -0.05) is 41.7 Å². The second kappa shape index (κ2) is 6.79. The molecular formula is C22H14FN3O2S. The first kappa shape index (κ1) is 17.5. The van der Waals surface area contributed by atoms with Crippen molar-refractivity contribution >= 4 is 44.5 Å². The molecule has 0 atom stereocenters. The van der Waals surface area contributed by atoms with Crippen LogP contribution in [0.2, 0.25) is 0 Å². The number of halogens is 1. The predicted molar refractivity (Wildman–Crippen MR) is 114 cm³/mol. The van der Waals surface area contributed by atoms with Crippen molar-refractivity contribution in [3.8, 4) is 11.1 Å². The van der Waals surface area contributed by atoms with Gasteiger partial charge < -0.3 is 10.3 Å². The fourth-order valence-electron chi connectivity index (χ4n) is 3.42. The number of anilines is 1. The number of aromatic nitrogens is 1. The molecule has 0 fully saturated rings. The van der Waals surface area contributed by atoms with Crippen molar-refractivity contribution in [2.45, 2.75) is 6.42 Å². The van der Waals surface area contributed by atoms with E-state index in [-0.39, 0.29) is 23.0 Å². The predicted octanol–water partition coefficient (Wildman–Crippen LogP) is 4.86. The van der Waals surface area contributed by atoms with E-state index in [4.69, 9.17) is 0 Å². The number of nitrogens with zero attached hydrogens (tertiary/aromatic N) is 1. The first-order valence-corrected chi connectivity index (χ1v) is 9.78. The summed E-state index contributed by atoms with van der Waals surface area (Å²) in [6.07, 6.45) is 0.106. The first-order chi connectivity index (χ1) is 14.1. The fraction of sp³-hybridized carbons (Fsp3) is 0.0455. The van der Waals surface area contributed by atoms with E-state index in [2.05, 4.69) is 15.3 Å². The SMILES string of the molecule is O=C1CC(c2ccc3[nH]c(=O)sc3c2)=Nc2ccc(-c3ccccc3F)cc2N1. The molecule has 0 unspecified atom stereocenters. The minimum absolute atomic E-state index is 0.106. The van der Waals surface area contributed by atoms with E-state index < -0.39 is 0 Å². The minimum Gasteiger partial charge on any atom is -0.324 e. The molecule has 1 amide bonds. The number of hydrogen-bond acceptors (Lipinski definition) is 4. The Kier molecular flexibility index (Phi) is 4.10. The lowest BCUT2D eigenvalue weighted by atomic mass is 10.0. The third-order valence-electron chi connectivity index (χ3n) is 4.79. The molecule has 0 aliphatic carbocycles. The Morgan fingerprint density at radius 1 is 0.966 bits per heavy atom. The zero-order valence-corrected chi connectivity index (χ0v) is 15.8. The molecule has 1 aromatic heterocycles. The van der Waals surface area contributed by atoms with Crippen LogP contribution >= 0.6 is 11.3 Å². The van der Waals surface area contributed by atoms with Crippen LogP contribution in [-0.4, -0.2) is 16.6 Å². The number of aromatic amines is 1. The van der Waals surface area contributed by atoms with E-state index in [1.165, 1.54) is 6.07 Å². The van der Waals surface area contributed by atoms with Crippen LogP contribution in [0.3, 0.4) is 0 Å². The number of carbonyl (C=O) groups excluding carboxylic acids is 1. The maximum absolute atomic E-state index is 14.1. The molecule has 1 aliphatic rings. The lowest BCUT2D eigenvalue weighted by Crippen LogP contribution is -2.14. The Labute approximate surface area is 168 Å². The van der Waals surface area contributed by atoms with Gasteiger partial charge in [0.25, 0.3) is 0 Å².